The van der Waals surface area contributed by atoms with E-state index in [0.29, 0.717) is 35.5 Å². The van der Waals surface area contributed by atoms with E-state index >= 15 is 0 Å². The van der Waals surface area contributed by atoms with Crippen LogP contribution in [0, 0.1) is 5.92 Å². The zero-order valence-electron chi connectivity index (χ0n) is 20.0. The van der Waals surface area contributed by atoms with Gasteiger partial charge in [0.2, 0.25) is 0 Å². The molecule has 35 heavy (non-hydrogen) atoms. The molecule has 4 N–H and O–H groups in total. The van der Waals surface area contributed by atoms with Crippen molar-refractivity contribution in [3.8, 4) is 11.5 Å². The van der Waals surface area contributed by atoms with Crippen molar-refractivity contribution in [3.05, 3.63) is 58.4 Å². The third-order valence-electron chi connectivity index (χ3n) is 5.87. The van der Waals surface area contributed by atoms with Gasteiger partial charge in [0, 0.05) is 18.0 Å². The van der Waals surface area contributed by atoms with Gasteiger partial charge in [-0.1, -0.05) is 39.3 Å². The number of nitrogens with one attached hydrogen (secondary N) is 1. The first-order chi connectivity index (χ1) is 16.6. The standard InChI is InChI=1S/C25H30N4O5S/c1-4-7-21(26)34-16-10-11-18-20(14-16)35(32,33)28-24(27-18)22-23(30)17-8-5-6-9-19(17)29(25(22)31)13-12-15(2)3/h5-6,8-11,14-15,21,30H,4,7,12-13,26H2,1-3H3,(H,27,28). The van der Waals surface area contributed by atoms with E-state index in [-0.39, 0.29) is 27.7 Å². The molecule has 0 aliphatic carbocycles. The van der Waals surface area contributed by atoms with Crippen LogP contribution in [0.2, 0.25) is 0 Å². The average Bonchev–Trinajstić information content (AvgIpc) is 2.79. The van der Waals surface area contributed by atoms with Gasteiger partial charge >= 0.3 is 0 Å². The van der Waals surface area contributed by atoms with Crippen LogP contribution in [0.25, 0.3) is 10.9 Å². The van der Waals surface area contributed by atoms with Crippen molar-refractivity contribution in [1.29, 1.82) is 0 Å². The van der Waals surface area contributed by atoms with Crippen LogP contribution >= 0.6 is 0 Å². The molecule has 0 spiro atoms. The normalized spacial score (nSPS) is 15.4. The summed E-state index contributed by atoms with van der Waals surface area (Å²) >= 11 is 0. The summed E-state index contributed by atoms with van der Waals surface area (Å²) in [7, 11) is -4.19. The lowest BCUT2D eigenvalue weighted by molar-refractivity contribution is 0.197. The number of anilines is 1. The fourth-order valence-electron chi connectivity index (χ4n) is 4.05. The van der Waals surface area contributed by atoms with Crippen LogP contribution in [0.5, 0.6) is 11.5 Å². The van der Waals surface area contributed by atoms with Crippen LogP contribution in [-0.4, -0.2) is 30.2 Å². The number of benzene rings is 2. The number of rotatable bonds is 8. The Bertz CT molecular complexity index is 1460. The van der Waals surface area contributed by atoms with Crippen LogP contribution in [0.1, 0.15) is 45.6 Å². The lowest BCUT2D eigenvalue weighted by atomic mass is 10.1. The molecule has 0 fully saturated rings. The molecule has 1 aliphatic rings. The van der Waals surface area contributed by atoms with Gasteiger partial charge in [-0.3, -0.25) is 10.5 Å². The second kappa shape index (κ2) is 9.71. The van der Waals surface area contributed by atoms with Gasteiger partial charge in [0.15, 0.2) is 5.84 Å². The Morgan fingerprint density at radius 1 is 1.17 bits per heavy atom. The van der Waals surface area contributed by atoms with Gasteiger partial charge < -0.3 is 19.7 Å². The van der Waals surface area contributed by atoms with Crippen LogP contribution < -0.4 is 21.3 Å². The van der Waals surface area contributed by atoms with Gasteiger partial charge in [-0.15, -0.1) is 4.40 Å². The lowest BCUT2D eigenvalue weighted by Gasteiger charge is -2.22. The highest BCUT2D eigenvalue weighted by Gasteiger charge is 2.30. The average molecular weight is 499 g/mol. The summed E-state index contributed by atoms with van der Waals surface area (Å²) in [5, 5.41) is 14.4. The minimum atomic E-state index is -4.19. The van der Waals surface area contributed by atoms with Crippen LogP contribution in [0.15, 0.2) is 56.6 Å². The maximum Gasteiger partial charge on any atom is 0.286 e. The molecule has 1 aromatic heterocycles. The number of fused-ring (bicyclic) bond motifs is 2. The molecule has 2 aromatic carbocycles. The van der Waals surface area contributed by atoms with E-state index in [1.807, 2.05) is 6.92 Å². The van der Waals surface area contributed by atoms with Crippen molar-refractivity contribution >= 4 is 32.4 Å². The van der Waals surface area contributed by atoms with Crippen LogP contribution in [0.3, 0.4) is 0 Å². The second-order valence-corrected chi connectivity index (χ2v) is 10.6. The van der Waals surface area contributed by atoms with Crippen molar-refractivity contribution in [2.45, 2.75) is 57.7 Å². The van der Waals surface area contributed by atoms with Crippen molar-refractivity contribution in [1.82, 2.24) is 4.57 Å². The Labute approximate surface area is 204 Å². The monoisotopic (exact) mass is 498 g/mol. The number of aryl methyl sites for hydroxylation is 1. The van der Waals surface area contributed by atoms with Crippen molar-refractivity contribution in [3.63, 3.8) is 0 Å². The number of hydrogen-bond donors (Lipinski definition) is 3. The Kier molecular flexibility index (Phi) is 6.86. The van der Waals surface area contributed by atoms with E-state index in [4.69, 9.17) is 10.5 Å². The first kappa shape index (κ1) is 24.7. The maximum atomic E-state index is 13.5. The zero-order chi connectivity index (χ0) is 25.3. The fraction of sp³-hybridized carbons (Fsp3) is 0.360. The molecule has 1 unspecified atom stereocenters. The molecule has 4 rings (SSSR count). The highest BCUT2D eigenvalue weighted by atomic mass is 32.2. The molecular formula is C25H30N4O5S. The molecule has 2 heterocycles. The van der Waals surface area contributed by atoms with E-state index in [0.717, 1.165) is 12.8 Å². The summed E-state index contributed by atoms with van der Waals surface area (Å²) in [5.74, 6) is 0.109. The zero-order valence-corrected chi connectivity index (χ0v) is 20.8. The Morgan fingerprint density at radius 2 is 1.91 bits per heavy atom. The number of aromatic nitrogens is 1. The summed E-state index contributed by atoms with van der Waals surface area (Å²) in [6.07, 6.45) is 1.62. The topological polar surface area (TPSA) is 136 Å². The molecule has 10 heteroatoms. The summed E-state index contributed by atoms with van der Waals surface area (Å²) in [4.78, 5) is 13.4. The third-order valence-corrected chi connectivity index (χ3v) is 7.19. The van der Waals surface area contributed by atoms with Gasteiger partial charge in [0.05, 0.1) is 11.2 Å². The van der Waals surface area contributed by atoms with Gasteiger partial charge in [0.1, 0.15) is 28.2 Å². The molecule has 9 nitrogen and oxygen atoms in total. The molecule has 0 bridgehead atoms. The van der Waals surface area contributed by atoms with E-state index in [2.05, 4.69) is 23.6 Å². The Morgan fingerprint density at radius 3 is 2.63 bits per heavy atom. The molecular weight excluding hydrogens is 468 g/mol. The van der Waals surface area contributed by atoms with E-state index in [1.165, 1.54) is 12.1 Å². The SMILES string of the molecule is CCCC(N)Oc1ccc2c(c1)S(=O)(=O)N=C(c1c(O)c3ccccc3n(CCC(C)C)c1=O)N2. The van der Waals surface area contributed by atoms with Gasteiger partial charge in [0.25, 0.3) is 15.6 Å². The number of pyridine rings is 1. The number of amidine groups is 1. The quantitative estimate of drug-likeness (QED) is 0.402. The van der Waals surface area contributed by atoms with Gasteiger partial charge in [-0.05, 0) is 43.0 Å². The number of ether oxygens (including phenoxy) is 1. The van der Waals surface area contributed by atoms with Crippen molar-refractivity contribution in [2.75, 3.05) is 5.32 Å². The van der Waals surface area contributed by atoms with Crippen molar-refractivity contribution in [2.24, 2.45) is 16.0 Å². The predicted octanol–water partition coefficient (Wildman–Crippen LogP) is 3.78. The smallest absolute Gasteiger partial charge is 0.286 e. The van der Waals surface area contributed by atoms with Gasteiger partial charge in [-0.2, -0.15) is 8.42 Å². The van der Waals surface area contributed by atoms with Crippen LogP contribution in [-0.2, 0) is 16.6 Å². The summed E-state index contributed by atoms with van der Waals surface area (Å²) in [6, 6.07) is 11.5. The Balaban J connectivity index is 1.82. The first-order valence-electron chi connectivity index (χ1n) is 11.7. The number of nitrogens with two attached hydrogens (primary N) is 1. The van der Waals surface area contributed by atoms with Crippen LogP contribution in [0.4, 0.5) is 5.69 Å². The molecule has 186 valence electrons. The van der Waals surface area contributed by atoms with E-state index < -0.39 is 21.8 Å². The number of sulfonamides is 1. The second-order valence-electron chi connectivity index (χ2n) is 9.02. The van der Waals surface area contributed by atoms with E-state index in [9.17, 15) is 18.3 Å². The highest BCUT2D eigenvalue weighted by Crippen LogP contribution is 2.34. The third kappa shape index (κ3) is 4.89. The summed E-state index contributed by atoms with van der Waals surface area (Å²) in [6.45, 7) is 6.50. The molecule has 1 aliphatic heterocycles. The molecule has 0 saturated heterocycles. The minimum Gasteiger partial charge on any atom is -0.506 e. The van der Waals surface area contributed by atoms with E-state index in [1.54, 1.807) is 34.9 Å². The fourth-order valence-corrected chi connectivity index (χ4v) is 5.19. The predicted molar refractivity (Wildman–Crippen MR) is 137 cm³/mol. The molecule has 0 radical (unpaired) electrons. The number of hydrogen-bond acceptors (Lipinski definition) is 7. The Hall–Kier alpha value is -3.37. The summed E-state index contributed by atoms with van der Waals surface area (Å²) in [5.41, 5.74) is 6.01. The largest absolute Gasteiger partial charge is 0.506 e. The highest BCUT2D eigenvalue weighted by molar-refractivity contribution is 7.90. The minimum absolute atomic E-state index is 0.0946. The number of aromatic hydroxyl groups is 1. The number of para-hydroxylation sites is 1. The molecule has 1 atom stereocenters. The molecule has 0 amide bonds. The van der Waals surface area contributed by atoms with Gasteiger partial charge in [-0.25, -0.2) is 0 Å². The molecule has 3 aromatic rings. The van der Waals surface area contributed by atoms with Crippen molar-refractivity contribution < 1.29 is 18.3 Å². The molecule has 0 saturated carbocycles. The summed E-state index contributed by atoms with van der Waals surface area (Å²) < 4.78 is 37.2. The first-order valence-corrected chi connectivity index (χ1v) is 13.1. The number of nitrogens with zero attached hydrogens (tertiary/aromatic N) is 2. The lowest BCUT2D eigenvalue weighted by Crippen LogP contribution is -2.33. The maximum absolute atomic E-state index is 13.5.